The van der Waals surface area contributed by atoms with Crippen molar-refractivity contribution in [1.29, 1.82) is 0 Å². The van der Waals surface area contributed by atoms with E-state index in [2.05, 4.69) is 0 Å². The van der Waals surface area contributed by atoms with Gasteiger partial charge in [-0.3, -0.25) is 14.5 Å². The van der Waals surface area contributed by atoms with E-state index < -0.39 is 23.8 Å². The minimum Gasteiger partial charge on any atom is -0.481 e. The first-order chi connectivity index (χ1) is 7.09. The van der Waals surface area contributed by atoms with Gasteiger partial charge in [-0.1, -0.05) is 6.42 Å². The molecule has 0 amide bonds. The van der Waals surface area contributed by atoms with E-state index in [0.29, 0.717) is 19.1 Å². The Morgan fingerprint density at radius 2 is 1.47 bits per heavy atom. The Kier molecular flexibility index (Phi) is 2.65. The smallest absolute Gasteiger partial charge is 0.308 e. The standard InChI is InChI=1S/C10H15NO4/c12-9(13)7-4-11(6-2-1-3-6)5-8(7)10(14)15/h6-8H,1-5H2,(H,12,13)(H,14,15)/t7-,8-/m0/s1. The Labute approximate surface area is 87.7 Å². The summed E-state index contributed by atoms with van der Waals surface area (Å²) in [6, 6.07) is 0.427. The maximum Gasteiger partial charge on any atom is 0.308 e. The van der Waals surface area contributed by atoms with Crippen molar-refractivity contribution in [3.05, 3.63) is 0 Å². The van der Waals surface area contributed by atoms with E-state index in [1.54, 1.807) is 0 Å². The van der Waals surface area contributed by atoms with Crippen LogP contribution in [0.25, 0.3) is 0 Å². The van der Waals surface area contributed by atoms with Crippen LogP contribution in [0.1, 0.15) is 19.3 Å². The number of carboxylic acids is 2. The second-order valence-corrected chi connectivity index (χ2v) is 4.43. The van der Waals surface area contributed by atoms with Gasteiger partial charge in [-0.25, -0.2) is 0 Å². The Balaban J connectivity index is 2.04. The molecule has 15 heavy (non-hydrogen) atoms. The third-order valence-corrected chi connectivity index (χ3v) is 3.57. The van der Waals surface area contributed by atoms with Crippen molar-refractivity contribution >= 4 is 11.9 Å². The van der Waals surface area contributed by atoms with E-state index in [4.69, 9.17) is 10.2 Å². The van der Waals surface area contributed by atoms with E-state index in [1.165, 1.54) is 6.42 Å². The largest absolute Gasteiger partial charge is 0.481 e. The van der Waals surface area contributed by atoms with Crippen molar-refractivity contribution in [1.82, 2.24) is 4.90 Å². The first kappa shape index (κ1) is 10.4. The molecule has 2 N–H and O–H groups in total. The zero-order chi connectivity index (χ0) is 11.0. The third kappa shape index (κ3) is 1.84. The van der Waals surface area contributed by atoms with Gasteiger partial charge in [-0.05, 0) is 12.8 Å². The zero-order valence-corrected chi connectivity index (χ0v) is 8.43. The number of hydrogen-bond donors (Lipinski definition) is 2. The molecule has 1 heterocycles. The molecule has 2 aliphatic rings. The van der Waals surface area contributed by atoms with E-state index in [9.17, 15) is 9.59 Å². The highest BCUT2D eigenvalue weighted by Crippen LogP contribution is 2.32. The lowest BCUT2D eigenvalue weighted by Gasteiger charge is -2.34. The SMILES string of the molecule is O=C(O)[C@H]1CN(C2CCC2)C[C@@H]1C(=O)O. The lowest BCUT2D eigenvalue weighted by molar-refractivity contribution is -0.151. The second kappa shape index (κ2) is 3.81. The van der Waals surface area contributed by atoms with Crippen LogP contribution in [0.3, 0.4) is 0 Å². The van der Waals surface area contributed by atoms with Gasteiger partial charge >= 0.3 is 11.9 Å². The number of nitrogens with zero attached hydrogens (tertiary/aromatic N) is 1. The zero-order valence-electron chi connectivity index (χ0n) is 8.43. The molecule has 5 nitrogen and oxygen atoms in total. The van der Waals surface area contributed by atoms with Crippen molar-refractivity contribution in [3.8, 4) is 0 Å². The normalized spacial score (nSPS) is 32.5. The summed E-state index contributed by atoms with van der Waals surface area (Å²) in [7, 11) is 0. The van der Waals surface area contributed by atoms with Crippen molar-refractivity contribution in [2.45, 2.75) is 25.3 Å². The van der Waals surface area contributed by atoms with Crippen molar-refractivity contribution in [2.75, 3.05) is 13.1 Å². The van der Waals surface area contributed by atoms with E-state index >= 15 is 0 Å². The van der Waals surface area contributed by atoms with Gasteiger partial charge in [0.05, 0.1) is 11.8 Å². The summed E-state index contributed by atoms with van der Waals surface area (Å²) in [5.74, 6) is -3.43. The van der Waals surface area contributed by atoms with Gasteiger partial charge < -0.3 is 10.2 Å². The Morgan fingerprint density at radius 1 is 1.00 bits per heavy atom. The highest BCUT2D eigenvalue weighted by atomic mass is 16.4. The highest BCUT2D eigenvalue weighted by Gasteiger charge is 2.44. The quantitative estimate of drug-likeness (QED) is 0.703. The number of hydrogen-bond acceptors (Lipinski definition) is 3. The van der Waals surface area contributed by atoms with Gasteiger partial charge in [0, 0.05) is 19.1 Å². The van der Waals surface area contributed by atoms with E-state index in [-0.39, 0.29) is 0 Å². The molecule has 0 unspecified atom stereocenters. The molecule has 2 atom stereocenters. The van der Waals surface area contributed by atoms with Crippen LogP contribution in [0.5, 0.6) is 0 Å². The first-order valence-electron chi connectivity index (χ1n) is 5.29. The molecular formula is C10H15NO4. The highest BCUT2D eigenvalue weighted by molar-refractivity contribution is 5.81. The summed E-state index contributed by atoms with van der Waals surface area (Å²) in [5, 5.41) is 17.9. The van der Waals surface area contributed by atoms with Gasteiger partial charge in [-0.2, -0.15) is 0 Å². The molecule has 1 aliphatic heterocycles. The minimum absolute atomic E-state index is 0.400. The molecule has 0 radical (unpaired) electrons. The Hall–Kier alpha value is -1.10. The summed E-state index contributed by atoms with van der Waals surface area (Å²) in [6.45, 7) is 0.800. The van der Waals surface area contributed by atoms with Crippen LogP contribution < -0.4 is 0 Å². The van der Waals surface area contributed by atoms with Crippen LogP contribution in [-0.4, -0.2) is 46.2 Å². The predicted molar refractivity (Wildman–Crippen MR) is 51.5 cm³/mol. The first-order valence-corrected chi connectivity index (χ1v) is 5.29. The Morgan fingerprint density at radius 3 is 1.73 bits per heavy atom. The number of rotatable bonds is 3. The van der Waals surface area contributed by atoms with Crippen LogP contribution in [0.4, 0.5) is 0 Å². The fourth-order valence-electron chi connectivity index (χ4n) is 2.38. The molecule has 0 aromatic rings. The minimum atomic E-state index is -0.982. The summed E-state index contributed by atoms with van der Waals surface area (Å²) >= 11 is 0. The van der Waals surface area contributed by atoms with Crippen LogP contribution >= 0.6 is 0 Å². The molecule has 5 heteroatoms. The molecule has 1 aliphatic carbocycles. The molecule has 0 aromatic heterocycles. The van der Waals surface area contributed by atoms with Crippen LogP contribution in [0.2, 0.25) is 0 Å². The monoisotopic (exact) mass is 213 g/mol. The predicted octanol–water partition coefficient (Wildman–Crippen LogP) is 0.256. The van der Waals surface area contributed by atoms with Gasteiger partial charge in [0.15, 0.2) is 0 Å². The molecule has 0 aromatic carbocycles. The topological polar surface area (TPSA) is 77.8 Å². The van der Waals surface area contributed by atoms with Crippen LogP contribution in [-0.2, 0) is 9.59 Å². The summed E-state index contributed by atoms with van der Waals surface area (Å²) in [4.78, 5) is 23.8. The number of likely N-dealkylation sites (tertiary alicyclic amines) is 1. The fourth-order valence-corrected chi connectivity index (χ4v) is 2.38. The maximum absolute atomic E-state index is 10.9. The van der Waals surface area contributed by atoms with Gasteiger partial charge in [0.1, 0.15) is 0 Å². The fraction of sp³-hybridized carbons (Fsp3) is 0.800. The van der Waals surface area contributed by atoms with Gasteiger partial charge in [0.2, 0.25) is 0 Å². The van der Waals surface area contributed by atoms with E-state index in [1.807, 2.05) is 4.90 Å². The number of carboxylic acid groups (broad SMARTS) is 2. The second-order valence-electron chi connectivity index (χ2n) is 4.43. The Bertz CT molecular complexity index is 265. The lowest BCUT2D eigenvalue weighted by Crippen LogP contribution is -2.39. The molecular weight excluding hydrogens is 198 g/mol. The molecule has 1 saturated heterocycles. The molecule has 0 bridgehead atoms. The number of aliphatic carboxylic acids is 2. The van der Waals surface area contributed by atoms with Gasteiger partial charge in [0.25, 0.3) is 0 Å². The van der Waals surface area contributed by atoms with E-state index in [0.717, 1.165) is 12.8 Å². The summed E-state index contributed by atoms with van der Waals surface area (Å²) in [5.41, 5.74) is 0. The van der Waals surface area contributed by atoms with Crippen LogP contribution in [0.15, 0.2) is 0 Å². The van der Waals surface area contributed by atoms with Gasteiger partial charge in [-0.15, -0.1) is 0 Å². The molecule has 2 rings (SSSR count). The van der Waals surface area contributed by atoms with Crippen LogP contribution in [0, 0.1) is 11.8 Å². The average molecular weight is 213 g/mol. The maximum atomic E-state index is 10.9. The van der Waals surface area contributed by atoms with Crippen molar-refractivity contribution < 1.29 is 19.8 Å². The molecule has 84 valence electrons. The average Bonchev–Trinajstić information content (AvgIpc) is 2.45. The molecule has 0 spiro atoms. The molecule has 2 fully saturated rings. The molecule has 1 saturated carbocycles. The third-order valence-electron chi connectivity index (χ3n) is 3.57. The number of carbonyl (C=O) groups is 2. The lowest BCUT2D eigenvalue weighted by atomic mass is 9.92. The summed E-state index contributed by atoms with van der Waals surface area (Å²) < 4.78 is 0. The van der Waals surface area contributed by atoms with Crippen molar-refractivity contribution in [3.63, 3.8) is 0 Å². The summed E-state index contributed by atoms with van der Waals surface area (Å²) in [6.07, 6.45) is 3.34. The van der Waals surface area contributed by atoms with Crippen molar-refractivity contribution in [2.24, 2.45) is 11.8 Å².